The number of hydrogen-bond donors (Lipinski definition) is 1. The lowest BCUT2D eigenvalue weighted by atomic mass is 9.99. The molecular formula is C25H25ClFN3O. The zero-order valence-electron chi connectivity index (χ0n) is 17.4. The summed E-state index contributed by atoms with van der Waals surface area (Å²) >= 11 is 6.15. The molecule has 0 spiro atoms. The van der Waals surface area contributed by atoms with Gasteiger partial charge in [-0.2, -0.15) is 0 Å². The Bertz CT molecular complexity index is 1070. The minimum atomic E-state index is -0.212. The summed E-state index contributed by atoms with van der Waals surface area (Å²) in [4.78, 5) is 19.7. The van der Waals surface area contributed by atoms with Crippen LogP contribution in [-0.2, 0) is 13.1 Å². The summed E-state index contributed by atoms with van der Waals surface area (Å²) in [5, 5.41) is 3.60. The summed E-state index contributed by atoms with van der Waals surface area (Å²) in [6, 6.07) is 16.0. The van der Waals surface area contributed by atoms with Crippen LogP contribution in [0.1, 0.15) is 45.1 Å². The molecule has 1 atom stereocenters. The summed E-state index contributed by atoms with van der Waals surface area (Å²) in [7, 11) is 0. The number of aromatic nitrogens is 1. The summed E-state index contributed by atoms with van der Waals surface area (Å²) < 4.78 is 13.1. The van der Waals surface area contributed by atoms with E-state index in [1.165, 1.54) is 12.1 Å². The first-order valence-electron chi connectivity index (χ1n) is 10.4. The molecule has 0 aliphatic carbocycles. The summed E-state index contributed by atoms with van der Waals surface area (Å²) in [5.41, 5.74) is 4.54. The van der Waals surface area contributed by atoms with E-state index < -0.39 is 0 Å². The van der Waals surface area contributed by atoms with Crippen LogP contribution < -0.4 is 5.32 Å². The molecule has 0 bridgehead atoms. The fraction of sp³-hybridized carbons (Fsp3) is 0.280. The molecule has 1 N–H and O–H groups in total. The molecule has 1 aliphatic heterocycles. The van der Waals surface area contributed by atoms with Crippen molar-refractivity contribution in [2.75, 3.05) is 13.1 Å². The number of benzene rings is 2. The number of amides is 1. The molecule has 3 aromatic rings. The topological polar surface area (TPSA) is 45.2 Å². The van der Waals surface area contributed by atoms with E-state index in [9.17, 15) is 9.18 Å². The van der Waals surface area contributed by atoms with Crippen LogP contribution >= 0.6 is 11.6 Å². The monoisotopic (exact) mass is 437 g/mol. The molecule has 1 saturated heterocycles. The predicted octanol–water partition coefficient (Wildman–Crippen LogP) is 5.10. The van der Waals surface area contributed by atoms with E-state index >= 15 is 0 Å². The van der Waals surface area contributed by atoms with Gasteiger partial charge < -0.3 is 5.32 Å². The maximum absolute atomic E-state index is 13.1. The van der Waals surface area contributed by atoms with Gasteiger partial charge in [0.15, 0.2) is 0 Å². The molecule has 1 amide bonds. The van der Waals surface area contributed by atoms with Gasteiger partial charge in [0.2, 0.25) is 0 Å². The van der Waals surface area contributed by atoms with Crippen LogP contribution in [0.15, 0.2) is 60.8 Å². The zero-order chi connectivity index (χ0) is 21.8. The third-order valence-electron chi connectivity index (χ3n) is 5.86. The second-order valence-corrected chi connectivity index (χ2v) is 8.40. The van der Waals surface area contributed by atoms with E-state index in [2.05, 4.69) is 15.2 Å². The van der Waals surface area contributed by atoms with E-state index in [1.54, 1.807) is 18.2 Å². The second-order valence-electron chi connectivity index (χ2n) is 7.99. The molecule has 2 aromatic carbocycles. The number of carbonyl (C=O) groups excluding carboxylic acids is 1. The van der Waals surface area contributed by atoms with Gasteiger partial charge in [-0.3, -0.25) is 14.7 Å². The molecule has 4 nitrogen and oxygen atoms in total. The van der Waals surface area contributed by atoms with Crippen LogP contribution in [0.4, 0.5) is 4.39 Å². The number of pyridine rings is 1. The molecule has 1 aliphatic rings. The molecule has 1 fully saturated rings. The van der Waals surface area contributed by atoms with Gasteiger partial charge in [0.05, 0.1) is 0 Å². The maximum atomic E-state index is 13.1. The normalized spacial score (nSPS) is 16.4. The average molecular weight is 438 g/mol. The van der Waals surface area contributed by atoms with Crippen LogP contribution in [0.25, 0.3) is 0 Å². The van der Waals surface area contributed by atoms with Gasteiger partial charge >= 0.3 is 0 Å². The van der Waals surface area contributed by atoms with Crippen molar-refractivity contribution in [1.29, 1.82) is 0 Å². The third-order valence-corrected chi connectivity index (χ3v) is 6.27. The van der Waals surface area contributed by atoms with Crippen molar-refractivity contribution in [3.8, 4) is 0 Å². The van der Waals surface area contributed by atoms with Crippen molar-refractivity contribution in [2.24, 2.45) is 0 Å². The van der Waals surface area contributed by atoms with E-state index in [1.807, 2.05) is 37.4 Å². The van der Waals surface area contributed by atoms with Crippen molar-refractivity contribution < 1.29 is 9.18 Å². The van der Waals surface area contributed by atoms with E-state index in [0.29, 0.717) is 23.0 Å². The van der Waals surface area contributed by atoms with E-state index in [4.69, 9.17) is 11.6 Å². The number of nitrogens with zero attached hydrogens (tertiary/aromatic N) is 2. The smallest absolute Gasteiger partial charge is 0.251 e. The van der Waals surface area contributed by atoms with Gasteiger partial charge in [0.25, 0.3) is 5.91 Å². The van der Waals surface area contributed by atoms with Gasteiger partial charge in [0.1, 0.15) is 5.82 Å². The van der Waals surface area contributed by atoms with Crippen molar-refractivity contribution in [3.05, 3.63) is 99.6 Å². The summed E-state index contributed by atoms with van der Waals surface area (Å²) in [6.45, 7) is 4.92. The lowest BCUT2D eigenvalue weighted by molar-refractivity contribution is 0.0950. The lowest BCUT2D eigenvalue weighted by Gasteiger charge is -2.18. The molecule has 1 unspecified atom stereocenters. The second kappa shape index (κ2) is 9.58. The first-order chi connectivity index (χ1) is 15.0. The van der Waals surface area contributed by atoms with Crippen LogP contribution in [0.2, 0.25) is 5.02 Å². The fourth-order valence-corrected chi connectivity index (χ4v) is 4.31. The number of hydrogen-bond acceptors (Lipinski definition) is 3. The van der Waals surface area contributed by atoms with Gasteiger partial charge in [-0.1, -0.05) is 35.9 Å². The third kappa shape index (κ3) is 5.12. The van der Waals surface area contributed by atoms with Crippen LogP contribution in [-0.4, -0.2) is 28.9 Å². The Morgan fingerprint density at radius 3 is 2.81 bits per heavy atom. The number of likely N-dealkylation sites (tertiary alicyclic amines) is 1. The number of nitrogens with one attached hydrogen (secondary N) is 1. The van der Waals surface area contributed by atoms with Gasteiger partial charge in [0, 0.05) is 48.0 Å². The van der Waals surface area contributed by atoms with Crippen molar-refractivity contribution in [2.45, 2.75) is 32.4 Å². The van der Waals surface area contributed by atoms with Gasteiger partial charge in [-0.05, 0) is 66.9 Å². The van der Waals surface area contributed by atoms with E-state index in [0.717, 1.165) is 48.4 Å². The Labute approximate surface area is 187 Å². The van der Waals surface area contributed by atoms with Gasteiger partial charge in [-0.25, -0.2) is 4.39 Å². The number of rotatable bonds is 6. The SMILES string of the molecule is Cc1c(Cl)cccc1C(=O)NCc1cccnc1C1CCN(Cc2ccc(F)cc2)C1. The average Bonchev–Trinajstić information content (AvgIpc) is 3.24. The highest BCUT2D eigenvalue weighted by molar-refractivity contribution is 6.31. The highest BCUT2D eigenvalue weighted by Crippen LogP contribution is 2.29. The molecule has 0 radical (unpaired) electrons. The van der Waals surface area contributed by atoms with E-state index in [-0.39, 0.29) is 11.7 Å². The first kappa shape index (κ1) is 21.5. The first-order valence-corrected chi connectivity index (χ1v) is 10.8. The highest BCUT2D eigenvalue weighted by Gasteiger charge is 2.26. The fourth-order valence-electron chi connectivity index (χ4n) is 4.14. The molecular weight excluding hydrogens is 413 g/mol. The van der Waals surface area contributed by atoms with Crippen molar-refractivity contribution in [3.63, 3.8) is 0 Å². The molecule has 160 valence electrons. The molecule has 4 rings (SSSR count). The molecule has 6 heteroatoms. The van der Waals surface area contributed by atoms with Crippen LogP contribution in [0, 0.1) is 12.7 Å². The standard InChI is InChI=1S/C25H25ClFN3O/c1-17-22(5-2-6-23(17)26)25(31)29-14-19-4-3-12-28-24(19)20-11-13-30(16-20)15-18-7-9-21(27)10-8-18/h2-10,12,20H,11,13-16H2,1H3,(H,29,31). The lowest BCUT2D eigenvalue weighted by Crippen LogP contribution is -2.25. The Morgan fingerprint density at radius 2 is 2.00 bits per heavy atom. The Hall–Kier alpha value is -2.76. The molecule has 0 saturated carbocycles. The Kier molecular flexibility index (Phi) is 6.64. The predicted molar refractivity (Wildman–Crippen MR) is 121 cm³/mol. The zero-order valence-corrected chi connectivity index (χ0v) is 18.2. The highest BCUT2D eigenvalue weighted by atomic mass is 35.5. The van der Waals surface area contributed by atoms with Crippen LogP contribution in [0.3, 0.4) is 0 Å². The number of halogens is 2. The minimum Gasteiger partial charge on any atom is -0.348 e. The Balaban J connectivity index is 1.41. The van der Waals surface area contributed by atoms with Crippen molar-refractivity contribution in [1.82, 2.24) is 15.2 Å². The minimum absolute atomic E-state index is 0.140. The maximum Gasteiger partial charge on any atom is 0.251 e. The summed E-state index contributed by atoms with van der Waals surface area (Å²) in [6.07, 6.45) is 2.82. The van der Waals surface area contributed by atoms with Gasteiger partial charge in [-0.15, -0.1) is 0 Å². The van der Waals surface area contributed by atoms with Crippen molar-refractivity contribution >= 4 is 17.5 Å². The molecule has 2 heterocycles. The largest absolute Gasteiger partial charge is 0.348 e. The number of carbonyl (C=O) groups is 1. The van der Waals surface area contributed by atoms with Crippen LogP contribution in [0.5, 0.6) is 0 Å². The summed E-state index contributed by atoms with van der Waals surface area (Å²) in [5.74, 6) is -0.0446. The quantitative estimate of drug-likeness (QED) is 0.583. The molecule has 1 aromatic heterocycles. The Morgan fingerprint density at radius 1 is 1.19 bits per heavy atom. The molecule has 31 heavy (non-hydrogen) atoms.